The highest BCUT2D eigenvalue weighted by Crippen LogP contribution is 2.49. The van der Waals surface area contributed by atoms with Gasteiger partial charge in [0.1, 0.15) is 22.8 Å². The van der Waals surface area contributed by atoms with E-state index in [1.54, 1.807) is 24.3 Å². The maximum Gasteiger partial charge on any atom is 0.504 e. The third-order valence-corrected chi connectivity index (χ3v) is 6.10. The lowest BCUT2D eigenvalue weighted by Gasteiger charge is -2.44. The van der Waals surface area contributed by atoms with Crippen LogP contribution < -0.4 is 9.47 Å². The maximum absolute atomic E-state index is 13.4. The number of hydrogen-bond acceptors (Lipinski definition) is 4. The van der Waals surface area contributed by atoms with Crippen LogP contribution in [0.2, 0.25) is 0 Å². The Morgan fingerprint density at radius 3 is 2.44 bits per heavy atom. The molecule has 2 aromatic carbocycles. The van der Waals surface area contributed by atoms with Gasteiger partial charge >= 0.3 is 12.9 Å². The van der Waals surface area contributed by atoms with Crippen LogP contribution in [0.3, 0.4) is 0 Å². The van der Waals surface area contributed by atoms with Crippen LogP contribution >= 0.6 is 0 Å². The first-order chi connectivity index (χ1) is 16.2. The molecule has 0 atom stereocenters. The number of benzene rings is 2. The first-order valence-corrected chi connectivity index (χ1v) is 10.5. The average molecular weight is 479 g/mol. The summed E-state index contributed by atoms with van der Waals surface area (Å²) >= 11 is 0. The fourth-order valence-corrected chi connectivity index (χ4v) is 4.51. The molecule has 1 fully saturated rings. The molecule has 1 amide bonds. The number of para-hydroxylation sites is 2. The predicted molar refractivity (Wildman–Crippen MR) is 109 cm³/mol. The molecule has 0 N–H and O–H groups in total. The lowest BCUT2D eigenvalue weighted by molar-refractivity contribution is -0.212. The second-order valence-electron chi connectivity index (χ2n) is 8.06. The van der Waals surface area contributed by atoms with Crippen LogP contribution in [0.25, 0.3) is 11.3 Å². The number of aromatic nitrogens is 2. The Morgan fingerprint density at radius 2 is 1.74 bits per heavy atom. The van der Waals surface area contributed by atoms with E-state index in [0.29, 0.717) is 16.9 Å². The number of carbonyl (C=O) groups is 1. The van der Waals surface area contributed by atoms with E-state index < -0.39 is 24.4 Å². The fraction of sp³-hybridized carbons (Fsp3) is 0.304. The number of amides is 1. The normalized spacial score (nSPS) is 16.7. The standard InChI is InChI=1S/C23H18F5N3O3/c24-21(25)33-17-7-3-2-6-15(17)20(32)30-11-9-22(10-12-30)16-13-31(23(26,27)28)29-19(16)14-5-1-4-8-18(14)34-22/h1-8,13,21H,9-12H2. The van der Waals surface area contributed by atoms with Gasteiger partial charge in [-0.15, -0.1) is 13.2 Å². The number of likely N-dealkylation sites (tertiary alicyclic amines) is 1. The van der Waals surface area contributed by atoms with Crippen molar-refractivity contribution in [1.82, 2.24) is 14.7 Å². The third kappa shape index (κ3) is 3.74. The summed E-state index contributed by atoms with van der Waals surface area (Å²) in [5, 5.41) is 3.80. The number of alkyl halides is 5. The second kappa shape index (κ2) is 8.00. The molecule has 2 aliphatic heterocycles. The van der Waals surface area contributed by atoms with Gasteiger partial charge in [-0.3, -0.25) is 4.79 Å². The second-order valence-corrected chi connectivity index (χ2v) is 8.06. The van der Waals surface area contributed by atoms with Crippen LogP contribution in [0.1, 0.15) is 28.8 Å². The Balaban J connectivity index is 1.44. The van der Waals surface area contributed by atoms with Crippen molar-refractivity contribution < 1.29 is 36.2 Å². The Bertz CT molecular complexity index is 1230. The van der Waals surface area contributed by atoms with Crippen molar-refractivity contribution >= 4 is 5.91 Å². The fourth-order valence-electron chi connectivity index (χ4n) is 4.51. The molecular formula is C23H18F5N3O3. The summed E-state index contributed by atoms with van der Waals surface area (Å²) in [6, 6.07) is 12.4. The highest BCUT2D eigenvalue weighted by Gasteiger charge is 2.47. The summed E-state index contributed by atoms with van der Waals surface area (Å²) in [6.45, 7) is -2.81. The van der Waals surface area contributed by atoms with Gasteiger partial charge in [0.05, 0.1) is 5.56 Å². The van der Waals surface area contributed by atoms with E-state index in [0.717, 1.165) is 6.20 Å². The first-order valence-electron chi connectivity index (χ1n) is 10.5. The molecule has 3 aromatic rings. The van der Waals surface area contributed by atoms with Crippen LogP contribution in [0.4, 0.5) is 22.0 Å². The van der Waals surface area contributed by atoms with Gasteiger partial charge in [0.25, 0.3) is 5.91 Å². The van der Waals surface area contributed by atoms with E-state index in [9.17, 15) is 26.7 Å². The zero-order valence-corrected chi connectivity index (χ0v) is 17.6. The molecule has 11 heteroatoms. The molecule has 6 nitrogen and oxygen atoms in total. The summed E-state index contributed by atoms with van der Waals surface area (Å²) in [5.74, 6) is -0.328. The summed E-state index contributed by atoms with van der Waals surface area (Å²) < 4.78 is 76.5. The number of nitrogens with zero attached hydrogens (tertiary/aromatic N) is 3. The minimum atomic E-state index is -4.70. The zero-order valence-electron chi connectivity index (χ0n) is 17.6. The van der Waals surface area contributed by atoms with E-state index in [1.807, 2.05) is 0 Å². The molecule has 0 unspecified atom stereocenters. The van der Waals surface area contributed by atoms with Gasteiger partial charge in [-0.2, -0.15) is 18.6 Å². The van der Waals surface area contributed by atoms with Crippen molar-refractivity contribution in [3.8, 4) is 22.8 Å². The molecule has 0 saturated carbocycles. The van der Waals surface area contributed by atoms with Crippen LogP contribution in [-0.2, 0) is 11.9 Å². The van der Waals surface area contributed by atoms with Gasteiger partial charge in [0.15, 0.2) is 0 Å². The molecule has 1 spiro atoms. The smallest absolute Gasteiger partial charge is 0.482 e. The third-order valence-electron chi connectivity index (χ3n) is 6.10. The summed E-state index contributed by atoms with van der Waals surface area (Å²) in [6.07, 6.45) is -3.37. The lowest BCUT2D eigenvalue weighted by atomic mass is 9.81. The van der Waals surface area contributed by atoms with Crippen molar-refractivity contribution in [1.29, 1.82) is 0 Å². The van der Waals surface area contributed by atoms with E-state index in [1.165, 1.54) is 29.2 Å². The molecule has 0 radical (unpaired) electrons. The molecule has 1 aromatic heterocycles. The van der Waals surface area contributed by atoms with Crippen LogP contribution in [0.15, 0.2) is 54.7 Å². The highest BCUT2D eigenvalue weighted by molar-refractivity contribution is 5.97. The van der Waals surface area contributed by atoms with E-state index in [4.69, 9.17) is 4.74 Å². The van der Waals surface area contributed by atoms with Crippen molar-refractivity contribution in [3.63, 3.8) is 0 Å². The van der Waals surface area contributed by atoms with Crippen molar-refractivity contribution in [2.24, 2.45) is 0 Å². The number of halogens is 5. The highest BCUT2D eigenvalue weighted by atomic mass is 19.4. The molecule has 0 bridgehead atoms. The maximum atomic E-state index is 13.4. The number of carbonyl (C=O) groups excluding carboxylic acids is 1. The van der Waals surface area contributed by atoms with Gasteiger partial charge < -0.3 is 14.4 Å². The average Bonchev–Trinajstić information content (AvgIpc) is 3.27. The summed E-state index contributed by atoms with van der Waals surface area (Å²) in [7, 11) is 0. The SMILES string of the molecule is O=C(c1ccccc1OC(F)F)N1CCC2(CC1)Oc1ccccc1-c1nn(C(F)(F)F)cc12. The van der Waals surface area contributed by atoms with Gasteiger partial charge in [0, 0.05) is 43.3 Å². The number of hydrogen-bond donors (Lipinski definition) is 0. The van der Waals surface area contributed by atoms with Gasteiger partial charge in [-0.05, 0) is 24.3 Å². The van der Waals surface area contributed by atoms with E-state index in [-0.39, 0.29) is 47.6 Å². The molecule has 1 saturated heterocycles. The molecule has 2 aliphatic rings. The van der Waals surface area contributed by atoms with Crippen molar-refractivity contribution in [2.75, 3.05) is 13.1 Å². The minimum absolute atomic E-state index is 0.0146. The van der Waals surface area contributed by atoms with Crippen LogP contribution in [-0.4, -0.2) is 40.3 Å². The van der Waals surface area contributed by atoms with Gasteiger partial charge in [-0.1, -0.05) is 24.3 Å². The molecule has 5 rings (SSSR count). The lowest BCUT2D eigenvalue weighted by Crippen LogP contribution is -2.49. The minimum Gasteiger partial charge on any atom is -0.482 e. The number of rotatable bonds is 3. The number of fused-ring (bicyclic) bond motifs is 4. The predicted octanol–water partition coefficient (Wildman–Crippen LogP) is 5.15. The number of piperidine rings is 1. The van der Waals surface area contributed by atoms with Crippen molar-refractivity contribution in [2.45, 2.75) is 31.4 Å². The quantitative estimate of drug-likeness (QED) is 0.488. The molecule has 34 heavy (non-hydrogen) atoms. The van der Waals surface area contributed by atoms with E-state index in [2.05, 4.69) is 9.84 Å². The Kier molecular flexibility index (Phi) is 5.22. The van der Waals surface area contributed by atoms with Crippen molar-refractivity contribution in [3.05, 3.63) is 65.9 Å². The largest absolute Gasteiger partial charge is 0.504 e. The summed E-state index contributed by atoms with van der Waals surface area (Å²) in [4.78, 5) is 14.5. The monoisotopic (exact) mass is 479 g/mol. The van der Waals surface area contributed by atoms with Gasteiger partial charge in [0.2, 0.25) is 0 Å². The molecule has 3 heterocycles. The zero-order chi connectivity index (χ0) is 24.1. The number of ether oxygens (including phenoxy) is 2. The van der Waals surface area contributed by atoms with Crippen LogP contribution in [0, 0.1) is 0 Å². The topological polar surface area (TPSA) is 56.6 Å². The van der Waals surface area contributed by atoms with E-state index >= 15 is 0 Å². The van der Waals surface area contributed by atoms with Gasteiger partial charge in [-0.25, -0.2) is 0 Å². The first kappa shape index (κ1) is 22.2. The Morgan fingerprint density at radius 1 is 1.06 bits per heavy atom. The molecular weight excluding hydrogens is 461 g/mol. The Hall–Kier alpha value is -3.63. The van der Waals surface area contributed by atoms with Crippen LogP contribution in [0.5, 0.6) is 11.5 Å². The Labute approximate surface area is 190 Å². The summed E-state index contributed by atoms with van der Waals surface area (Å²) in [5.41, 5.74) is -0.170. The molecule has 178 valence electrons. The molecule has 0 aliphatic carbocycles.